The quantitative estimate of drug-likeness (QED) is 0.0330. The van der Waals surface area contributed by atoms with Gasteiger partial charge in [-0.1, -0.05) is 92.8 Å². The number of nitrogens with zero attached hydrogens (tertiary/aromatic N) is 2. The number of hydrogen-bond acceptors (Lipinski definition) is 16. The predicted octanol–water partition coefficient (Wildman–Crippen LogP) is 14.5. The van der Waals surface area contributed by atoms with Gasteiger partial charge in [-0.3, -0.25) is 38.4 Å². The summed E-state index contributed by atoms with van der Waals surface area (Å²) < 4.78 is 25.5. The molecule has 4 atom stereocenters. The number of ether oxygens (including phenoxy) is 2. The highest BCUT2D eigenvalue weighted by atomic mass is 35.5. The lowest BCUT2D eigenvalue weighted by atomic mass is 9.56. The Kier molecular flexibility index (Phi) is 21.9. The second-order valence-corrected chi connectivity index (χ2v) is 30.8. The summed E-state index contributed by atoms with van der Waals surface area (Å²) in [4.78, 5) is 105. The van der Waals surface area contributed by atoms with Gasteiger partial charge < -0.3 is 61.0 Å². The van der Waals surface area contributed by atoms with Crippen LogP contribution in [0.3, 0.4) is 0 Å². The third kappa shape index (κ3) is 14.4. The molecule has 2 bridgehead atoms. The molecule has 0 unspecified atom stereocenters. The molecule has 4 saturated carbocycles. The standard InChI is InChI=1S/C20H17Cl2FN2O3.C19H21Cl2NO4.C18H14Cl2N2O3.C17H19Cl2NO4/c21-12-4-5-13(22)18-17(12)20(28,19(27)24-18)10-16(26)11-3-6-15(14(23)9-11)25-7-1-2-8-25;1-26-18-7-4-17(5-8-18,6-9-18)13(23)10-19(25)14-11(20)2-3-12(21)15(14)22-16(19)24;19-12-5-6-13(20)16-15(12)18(25,17(24)21-16)9-14(23)10-1-3-11(4-2-10)22-7-8-22;1-24-10-4-2-9(3-5-10)13(21)8-17(23)14-11(18)6-7-12(19)15(14)20-16(17)22/h3-6,9,28H,1-2,7-8,10H2,(H,24,27);2-3,25H,4-10H2,1H3,(H,22,24);1-6,25H,7-9H2,(H,21,24);6-7,9-10,23H,2-5,8H2,1H3,(H,20,22)/t20-;17?,18?,19-;18-;9?,10?,17-/m0101/s1. The number of carbonyl (C=O) groups excluding carboxylic acids is 8. The number of halogens is 9. The normalized spacial score (nSPS) is 26.6. The van der Waals surface area contributed by atoms with Crippen LogP contribution in [0.5, 0.6) is 0 Å². The van der Waals surface area contributed by atoms with E-state index in [0.29, 0.717) is 34.8 Å². The number of aliphatic hydroxyl groups is 4. The molecule has 4 aliphatic carbocycles. The van der Waals surface area contributed by atoms with Crippen molar-refractivity contribution in [2.45, 2.75) is 137 Å². The van der Waals surface area contributed by atoms with E-state index in [1.165, 1.54) is 42.5 Å². The zero-order valence-electron chi connectivity index (χ0n) is 55.6. The highest BCUT2D eigenvalue weighted by molar-refractivity contribution is 6.41. The van der Waals surface area contributed by atoms with Crippen LogP contribution < -0.4 is 31.1 Å². The number of fused-ring (bicyclic) bond motifs is 7. The molecule has 544 valence electrons. The molecule has 6 aromatic carbocycles. The van der Waals surface area contributed by atoms with Gasteiger partial charge >= 0.3 is 0 Å². The Labute approximate surface area is 632 Å². The van der Waals surface area contributed by atoms with Crippen molar-refractivity contribution in [3.05, 3.63) is 170 Å². The first kappa shape index (κ1) is 76.1. The summed E-state index contributed by atoms with van der Waals surface area (Å²) in [6.45, 7) is 3.59. The lowest BCUT2D eigenvalue weighted by Gasteiger charge is -2.52. The lowest BCUT2D eigenvalue weighted by Crippen LogP contribution is -2.52. The Morgan fingerprint density at radius 1 is 0.466 bits per heavy atom. The second-order valence-electron chi connectivity index (χ2n) is 27.6. The summed E-state index contributed by atoms with van der Waals surface area (Å²) in [7, 11) is 3.40. The molecule has 16 rings (SSSR count). The average molecular weight is 1570 g/mol. The van der Waals surface area contributed by atoms with Gasteiger partial charge in [0, 0.05) is 124 Å². The molecule has 10 aliphatic rings. The van der Waals surface area contributed by atoms with Crippen LogP contribution >= 0.6 is 92.8 Å². The zero-order valence-corrected chi connectivity index (χ0v) is 61.7. The Hall–Kier alpha value is -6.51. The molecule has 4 amide bonds. The van der Waals surface area contributed by atoms with Crippen LogP contribution in [0.4, 0.5) is 38.5 Å². The first-order valence-electron chi connectivity index (χ1n) is 33.5. The number of amides is 4. The molecule has 6 aliphatic heterocycles. The largest absolute Gasteiger partial charge is 0.381 e. The van der Waals surface area contributed by atoms with Crippen molar-refractivity contribution in [1.29, 1.82) is 0 Å². The molecule has 20 nitrogen and oxygen atoms in total. The number of Topliss-reactive ketones (excluding diaryl/α,β-unsaturated/α-hetero) is 4. The number of hydrogen-bond donors (Lipinski definition) is 8. The Balaban J connectivity index is 0.000000130. The van der Waals surface area contributed by atoms with Gasteiger partial charge in [-0.15, -0.1) is 0 Å². The molecular weight excluding hydrogens is 1500 g/mol. The van der Waals surface area contributed by atoms with Crippen molar-refractivity contribution in [2.75, 3.05) is 71.5 Å². The summed E-state index contributed by atoms with van der Waals surface area (Å²) in [5, 5.41) is 55.8. The molecule has 6 aromatic rings. The lowest BCUT2D eigenvalue weighted by molar-refractivity contribution is -0.158. The fraction of sp³-hybridized carbons (Fsp3) is 0.405. The molecule has 6 fully saturated rings. The van der Waals surface area contributed by atoms with E-state index in [2.05, 4.69) is 26.2 Å². The monoisotopic (exact) mass is 1570 g/mol. The number of benzene rings is 6. The molecule has 8 N–H and O–H groups in total. The number of rotatable bonds is 16. The van der Waals surface area contributed by atoms with Crippen LogP contribution in [-0.2, 0) is 60.6 Å². The maximum Gasteiger partial charge on any atom is 0.261 e. The Morgan fingerprint density at radius 3 is 1.21 bits per heavy atom. The first-order chi connectivity index (χ1) is 48.8. The number of carbonyl (C=O) groups is 8. The average Bonchev–Trinajstić information content (AvgIpc) is 1.71. The number of nitrogens with one attached hydrogen (secondary N) is 4. The van der Waals surface area contributed by atoms with Crippen LogP contribution in [0.2, 0.25) is 40.2 Å². The highest BCUT2D eigenvalue weighted by Crippen LogP contribution is 2.57. The topological polar surface area (TPSA) is 290 Å². The van der Waals surface area contributed by atoms with Gasteiger partial charge in [0.25, 0.3) is 23.6 Å². The maximum atomic E-state index is 14.5. The van der Waals surface area contributed by atoms with Crippen molar-refractivity contribution in [2.24, 2.45) is 11.3 Å². The smallest absolute Gasteiger partial charge is 0.261 e. The number of methoxy groups -OCH3 is 2. The van der Waals surface area contributed by atoms with Gasteiger partial charge in [0.05, 0.1) is 73.1 Å². The van der Waals surface area contributed by atoms with E-state index in [-0.39, 0.29) is 128 Å². The fourth-order valence-electron chi connectivity index (χ4n) is 15.4. The van der Waals surface area contributed by atoms with Gasteiger partial charge in [-0.05, 0) is 168 Å². The molecule has 29 heteroatoms. The van der Waals surface area contributed by atoms with Gasteiger partial charge in [0.15, 0.2) is 34.0 Å². The molecule has 2 saturated heterocycles. The van der Waals surface area contributed by atoms with Crippen molar-refractivity contribution in [3.8, 4) is 0 Å². The van der Waals surface area contributed by atoms with E-state index >= 15 is 0 Å². The minimum Gasteiger partial charge on any atom is -0.381 e. The highest BCUT2D eigenvalue weighted by Gasteiger charge is 2.58. The predicted molar refractivity (Wildman–Crippen MR) is 392 cm³/mol. The number of ketones is 4. The van der Waals surface area contributed by atoms with Crippen molar-refractivity contribution in [1.82, 2.24) is 0 Å². The minimum absolute atomic E-state index is 0.0641. The molecular formula is C74H71Cl8FN6O14. The van der Waals surface area contributed by atoms with E-state index in [1.807, 2.05) is 17.0 Å². The van der Waals surface area contributed by atoms with Gasteiger partial charge in [0.2, 0.25) is 0 Å². The Bertz CT molecular complexity index is 4470. The SMILES string of the molecule is COC12CCC(C(=O)C[C@]3(O)C(=O)Nc4c(Cl)ccc(Cl)c43)(CC1)CC2.COC1CCC(C(=O)C[C@]2(O)C(=O)Nc3c(Cl)ccc(Cl)c32)CC1.O=C(C[C@@]1(O)C(=O)Nc2c(Cl)ccc(Cl)c21)c1ccc(N2CC2)cc1.O=C(C[C@@]1(O)C(=O)Nc2c(Cl)ccc(Cl)c21)c1ccc(N2CCCC2)c(F)c1. The zero-order chi connectivity index (χ0) is 74.0. The van der Waals surface area contributed by atoms with E-state index in [0.717, 1.165) is 102 Å². The Morgan fingerprint density at radius 2 is 0.835 bits per heavy atom. The van der Waals surface area contributed by atoms with Gasteiger partial charge in [-0.25, -0.2) is 4.39 Å². The van der Waals surface area contributed by atoms with Crippen molar-refractivity contribution in [3.63, 3.8) is 0 Å². The van der Waals surface area contributed by atoms with E-state index in [4.69, 9.17) is 102 Å². The second kappa shape index (κ2) is 29.7. The van der Waals surface area contributed by atoms with Crippen molar-refractivity contribution >= 4 is 174 Å². The van der Waals surface area contributed by atoms with Crippen LogP contribution in [0, 0.1) is 17.2 Å². The summed E-state index contributed by atoms with van der Waals surface area (Å²) in [5.41, 5.74) is -5.08. The summed E-state index contributed by atoms with van der Waals surface area (Å²) >= 11 is 49.0. The molecule has 0 aromatic heterocycles. The van der Waals surface area contributed by atoms with Crippen LogP contribution in [0.1, 0.15) is 146 Å². The molecule has 0 spiro atoms. The molecule has 6 heterocycles. The molecule has 0 radical (unpaired) electrons. The van der Waals surface area contributed by atoms with Gasteiger partial charge in [-0.2, -0.15) is 0 Å². The van der Waals surface area contributed by atoms with E-state index in [9.17, 15) is 63.2 Å². The summed E-state index contributed by atoms with van der Waals surface area (Å²) in [5.74, 6) is -4.61. The minimum atomic E-state index is -2.17. The van der Waals surface area contributed by atoms with Gasteiger partial charge in [0.1, 0.15) is 17.4 Å². The first-order valence-corrected chi connectivity index (χ1v) is 36.5. The van der Waals surface area contributed by atoms with Crippen molar-refractivity contribution < 1.29 is 72.6 Å². The fourth-order valence-corrected chi connectivity index (χ4v) is 17.4. The summed E-state index contributed by atoms with van der Waals surface area (Å²) in [6, 6.07) is 23.4. The summed E-state index contributed by atoms with van der Waals surface area (Å²) in [6.07, 6.45) is 8.33. The van der Waals surface area contributed by atoms with Crippen LogP contribution in [0.15, 0.2) is 91.0 Å². The van der Waals surface area contributed by atoms with E-state index < -0.39 is 75.9 Å². The number of anilines is 6. The molecule has 103 heavy (non-hydrogen) atoms. The maximum absolute atomic E-state index is 14.5. The van der Waals surface area contributed by atoms with Crippen LogP contribution in [0.25, 0.3) is 0 Å². The third-order valence-electron chi connectivity index (χ3n) is 21.6. The van der Waals surface area contributed by atoms with Crippen LogP contribution in [-0.4, -0.2) is 119 Å². The van der Waals surface area contributed by atoms with E-state index in [1.54, 1.807) is 44.6 Å². The third-order valence-corrected chi connectivity index (χ3v) is 24.1.